The second-order valence-corrected chi connectivity index (χ2v) is 9.39. The minimum Gasteiger partial charge on any atom is -0.381 e. The van der Waals surface area contributed by atoms with Crippen LogP contribution in [0.15, 0.2) is 0 Å². The van der Waals surface area contributed by atoms with Gasteiger partial charge in [-0.25, -0.2) is 0 Å². The third-order valence-corrected chi connectivity index (χ3v) is 5.70. The summed E-state index contributed by atoms with van der Waals surface area (Å²) in [5, 5.41) is 0. The van der Waals surface area contributed by atoms with Gasteiger partial charge in [-0.3, -0.25) is 4.79 Å². The van der Waals surface area contributed by atoms with Gasteiger partial charge in [0.25, 0.3) is 0 Å². The highest BCUT2D eigenvalue weighted by Crippen LogP contribution is 2.62. The molecule has 0 aromatic rings. The van der Waals surface area contributed by atoms with E-state index in [2.05, 4.69) is 41.5 Å². The van der Waals surface area contributed by atoms with E-state index in [1.54, 1.807) is 6.92 Å². The minimum absolute atomic E-state index is 0.157. The molecule has 0 N–H and O–H groups in total. The average molecular weight is 280 g/mol. The monoisotopic (exact) mass is 280 g/mol. The molecular formula is C18H32O2. The average Bonchev–Trinajstić information content (AvgIpc) is 2.98. The molecule has 1 aliphatic carbocycles. The van der Waals surface area contributed by atoms with Gasteiger partial charge in [0.2, 0.25) is 0 Å². The molecule has 0 aromatic carbocycles. The van der Waals surface area contributed by atoms with Gasteiger partial charge in [0.1, 0.15) is 5.78 Å². The predicted octanol–water partition coefficient (Wildman–Crippen LogP) is 4.33. The van der Waals surface area contributed by atoms with Gasteiger partial charge in [0.15, 0.2) is 0 Å². The molecule has 1 saturated carbocycles. The molecule has 20 heavy (non-hydrogen) atoms. The van der Waals surface area contributed by atoms with Gasteiger partial charge in [-0.2, -0.15) is 0 Å². The van der Waals surface area contributed by atoms with E-state index in [1.165, 1.54) is 0 Å². The lowest BCUT2D eigenvalue weighted by Gasteiger charge is -2.43. The topological polar surface area (TPSA) is 26.3 Å². The molecule has 4 unspecified atom stereocenters. The largest absolute Gasteiger partial charge is 0.381 e. The molecule has 0 bridgehead atoms. The predicted molar refractivity (Wildman–Crippen MR) is 82.5 cm³/mol. The van der Waals surface area contributed by atoms with Gasteiger partial charge >= 0.3 is 0 Å². The minimum atomic E-state index is 0.157. The first-order valence-corrected chi connectivity index (χ1v) is 8.05. The summed E-state index contributed by atoms with van der Waals surface area (Å²) in [6.45, 7) is 17.4. The quantitative estimate of drug-likeness (QED) is 0.714. The fraction of sp³-hybridized carbons (Fsp3) is 0.944. The van der Waals surface area contributed by atoms with Crippen LogP contribution in [0.25, 0.3) is 0 Å². The lowest BCUT2D eigenvalue weighted by molar-refractivity contribution is -0.119. The van der Waals surface area contributed by atoms with E-state index in [4.69, 9.17) is 4.74 Å². The molecular weight excluding hydrogens is 248 g/mol. The van der Waals surface area contributed by atoms with Crippen molar-refractivity contribution in [3.8, 4) is 0 Å². The van der Waals surface area contributed by atoms with Crippen molar-refractivity contribution in [1.82, 2.24) is 0 Å². The van der Waals surface area contributed by atoms with Crippen molar-refractivity contribution in [2.45, 2.75) is 61.3 Å². The molecule has 0 aromatic heterocycles. The third kappa shape index (κ3) is 2.95. The van der Waals surface area contributed by atoms with Crippen molar-refractivity contribution in [3.05, 3.63) is 0 Å². The van der Waals surface area contributed by atoms with Crippen molar-refractivity contribution < 1.29 is 9.53 Å². The molecule has 1 aliphatic heterocycles. The Bertz CT molecular complexity index is 385. The Hall–Kier alpha value is -0.370. The smallest absolute Gasteiger partial charge is 0.133 e. The summed E-state index contributed by atoms with van der Waals surface area (Å²) in [6.07, 6.45) is 2.20. The summed E-state index contributed by atoms with van der Waals surface area (Å²) >= 11 is 0. The zero-order chi connectivity index (χ0) is 15.3. The van der Waals surface area contributed by atoms with Crippen LogP contribution in [0.4, 0.5) is 0 Å². The molecule has 4 atom stereocenters. The number of Topliss-reactive ketones (excluding diaryl/α,β-unsaturated/α-hetero) is 1. The lowest BCUT2D eigenvalue weighted by atomic mass is 9.62. The Morgan fingerprint density at radius 3 is 1.95 bits per heavy atom. The summed E-state index contributed by atoms with van der Waals surface area (Å²) in [7, 11) is 0. The van der Waals surface area contributed by atoms with Gasteiger partial charge in [-0.15, -0.1) is 0 Å². The van der Waals surface area contributed by atoms with Crippen LogP contribution in [-0.2, 0) is 9.53 Å². The Morgan fingerprint density at radius 1 is 1.00 bits per heavy atom. The zero-order valence-corrected chi connectivity index (χ0v) is 14.4. The maximum Gasteiger partial charge on any atom is 0.133 e. The second kappa shape index (κ2) is 4.83. The Morgan fingerprint density at radius 2 is 1.55 bits per heavy atom. The summed E-state index contributed by atoms with van der Waals surface area (Å²) in [6, 6.07) is 0. The summed E-state index contributed by atoms with van der Waals surface area (Å²) in [5.74, 6) is 1.80. The van der Waals surface area contributed by atoms with Crippen molar-refractivity contribution >= 4 is 5.78 Å². The van der Waals surface area contributed by atoms with E-state index in [1.807, 2.05) is 0 Å². The van der Waals surface area contributed by atoms with Crippen molar-refractivity contribution in [3.63, 3.8) is 0 Å². The van der Waals surface area contributed by atoms with Crippen molar-refractivity contribution in [1.29, 1.82) is 0 Å². The maximum absolute atomic E-state index is 11.8. The highest BCUT2D eigenvalue weighted by molar-refractivity contribution is 5.82. The maximum atomic E-state index is 11.8. The van der Waals surface area contributed by atoms with E-state index >= 15 is 0 Å². The van der Waals surface area contributed by atoms with Crippen LogP contribution >= 0.6 is 0 Å². The highest BCUT2D eigenvalue weighted by atomic mass is 16.5. The summed E-state index contributed by atoms with van der Waals surface area (Å²) in [5.41, 5.74) is 0.677. The second-order valence-electron chi connectivity index (χ2n) is 9.39. The van der Waals surface area contributed by atoms with Crippen LogP contribution in [0, 0.1) is 34.0 Å². The van der Waals surface area contributed by atoms with E-state index in [9.17, 15) is 4.79 Å². The number of hydrogen-bond acceptors (Lipinski definition) is 2. The molecule has 0 radical (unpaired) electrons. The molecule has 1 spiro atoms. The summed E-state index contributed by atoms with van der Waals surface area (Å²) in [4.78, 5) is 11.8. The zero-order valence-electron chi connectivity index (χ0n) is 14.4. The van der Waals surface area contributed by atoms with E-state index in [0.29, 0.717) is 17.6 Å². The number of rotatable bonds is 1. The molecule has 1 heterocycles. The first-order chi connectivity index (χ1) is 8.97. The number of carbonyl (C=O) groups excluding carboxylic acids is 1. The number of ether oxygens (including phenoxy) is 1. The molecule has 2 heteroatoms. The van der Waals surface area contributed by atoms with Crippen LogP contribution in [-0.4, -0.2) is 19.0 Å². The first kappa shape index (κ1) is 16.0. The molecule has 2 rings (SSSR count). The fourth-order valence-electron chi connectivity index (χ4n) is 4.22. The number of ketones is 1. The highest BCUT2D eigenvalue weighted by Gasteiger charge is 2.60. The third-order valence-electron chi connectivity index (χ3n) is 5.70. The lowest BCUT2D eigenvalue weighted by Crippen LogP contribution is -2.38. The van der Waals surface area contributed by atoms with Crippen LogP contribution in [0.1, 0.15) is 61.3 Å². The molecule has 0 amide bonds. The standard InChI is InChI=1S/C18H32O2/c1-12(19)13-8-18(13)9-14(16(2,3)4)15(10-20-11-18)17(5,6)7/h13-15H,8-11H2,1-7H3. The Labute approximate surface area is 124 Å². The Kier molecular flexibility index (Phi) is 3.86. The van der Waals surface area contributed by atoms with Gasteiger partial charge < -0.3 is 4.74 Å². The van der Waals surface area contributed by atoms with Crippen molar-refractivity contribution in [2.75, 3.05) is 13.2 Å². The van der Waals surface area contributed by atoms with Gasteiger partial charge in [-0.1, -0.05) is 41.5 Å². The first-order valence-electron chi connectivity index (χ1n) is 8.05. The van der Waals surface area contributed by atoms with E-state index in [-0.39, 0.29) is 22.2 Å². The van der Waals surface area contributed by atoms with Gasteiger partial charge in [0, 0.05) is 11.3 Å². The van der Waals surface area contributed by atoms with Crippen LogP contribution in [0.5, 0.6) is 0 Å². The molecule has 2 aliphatic rings. The SMILES string of the molecule is CC(=O)C1CC12COCC(C(C)(C)C)C(C(C)(C)C)C2. The fourth-order valence-corrected chi connectivity index (χ4v) is 4.22. The number of carbonyl (C=O) groups is 1. The van der Waals surface area contributed by atoms with Crippen LogP contribution in [0.2, 0.25) is 0 Å². The van der Waals surface area contributed by atoms with Crippen molar-refractivity contribution in [2.24, 2.45) is 34.0 Å². The normalized spacial score (nSPS) is 38.6. The molecule has 2 fully saturated rings. The van der Waals surface area contributed by atoms with Gasteiger partial charge in [-0.05, 0) is 42.4 Å². The number of hydrogen-bond donors (Lipinski definition) is 0. The molecule has 1 saturated heterocycles. The van der Waals surface area contributed by atoms with E-state index in [0.717, 1.165) is 26.1 Å². The van der Waals surface area contributed by atoms with Gasteiger partial charge in [0.05, 0.1) is 13.2 Å². The molecule has 2 nitrogen and oxygen atoms in total. The Balaban J connectivity index is 2.27. The summed E-state index contributed by atoms with van der Waals surface area (Å²) < 4.78 is 6.06. The van der Waals surface area contributed by atoms with E-state index < -0.39 is 0 Å². The van der Waals surface area contributed by atoms with Crippen LogP contribution in [0.3, 0.4) is 0 Å². The molecule has 116 valence electrons. The van der Waals surface area contributed by atoms with Crippen LogP contribution < -0.4 is 0 Å².